The summed E-state index contributed by atoms with van der Waals surface area (Å²) in [5.74, 6) is -9.70. The van der Waals surface area contributed by atoms with Crippen molar-refractivity contribution in [2.75, 3.05) is 17.9 Å². The van der Waals surface area contributed by atoms with Crippen molar-refractivity contribution in [3.63, 3.8) is 0 Å². The van der Waals surface area contributed by atoms with E-state index in [0.717, 1.165) is 27.0 Å². The highest BCUT2D eigenvalue weighted by Crippen LogP contribution is 2.68. The Bertz CT molecular complexity index is 3190. The minimum atomic E-state index is -4.08. The van der Waals surface area contributed by atoms with Gasteiger partial charge in [-0.25, -0.2) is 39.7 Å². The fourth-order valence-electron chi connectivity index (χ4n) is 9.16. The number of carbonyl (C=O) groups excluding carboxylic acids is 1. The van der Waals surface area contributed by atoms with Crippen molar-refractivity contribution in [3.8, 4) is 5.69 Å². The molecule has 2 fully saturated rings. The fourth-order valence-corrected chi connectivity index (χ4v) is 10.7. The van der Waals surface area contributed by atoms with E-state index in [1.165, 1.54) is 18.2 Å². The summed E-state index contributed by atoms with van der Waals surface area (Å²) >= 11 is 6.67. The molecule has 0 radical (unpaired) electrons. The Morgan fingerprint density at radius 2 is 1.76 bits per heavy atom. The highest BCUT2D eigenvalue weighted by molar-refractivity contribution is 7.93. The first-order valence-electron chi connectivity index (χ1n) is 20.7. The van der Waals surface area contributed by atoms with Crippen molar-refractivity contribution < 1.29 is 53.1 Å². The molecule has 4 heterocycles. The topological polar surface area (TPSA) is 155 Å². The van der Waals surface area contributed by atoms with Gasteiger partial charge in [0.15, 0.2) is 5.82 Å². The Morgan fingerprint density at radius 3 is 2.44 bits per heavy atom. The zero-order chi connectivity index (χ0) is 46.6. The Kier molecular flexibility index (Phi) is 10.8. The zero-order valence-electron chi connectivity index (χ0n) is 34.1. The molecule has 4 aliphatic rings. The number of hydrogen-bond donors (Lipinski definition) is 2. The van der Waals surface area contributed by atoms with Gasteiger partial charge < -0.3 is 10.1 Å². The van der Waals surface area contributed by atoms with Crippen molar-refractivity contribution in [1.82, 2.24) is 34.4 Å². The van der Waals surface area contributed by atoms with Gasteiger partial charge >= 0.3 is 0 Å². The van der Waals surface area contributed by atoms with Crippen molar-refractivity contribution >= 4 is 60.7 Å². The summed E-state index contributed by atoms with van der Waals surface area (Å²) in [5, 5.41) is 9.34. The predicted molar refractivity (Wildman–Crippen MR) is 223 cm³/mol. The summed E-state index contributed by atoms with van der Waals surface area (Å²) in [7, 11) is -4.08. The third-order valence-electron chi connectivity index (χ3n) is 12.3. The molecular formula is C43H35ClF8N8O5S. The van der Waals surface area contributed by atoms with Gasteiger partial charge in [0, 0.05) is 24.0 Å². The molecule has 66 heavy (non-hydrogen) atoms. The summed E-state index contributed by atoms with van der Waals surface area (Å²) in [6, 6.07) is 8.01. The quantitative estimate of drug-likeness (QED) is 0.104. The normalized spacial score (nSPS) is 19.3. The van der Waals surface area contributed by atoms with Crippen LogP contribution in [0.3, 0.4) is 0 Å². The lowest BCUT2D eigenvalue weighted by Crippen LogP contribution is -2.38. The molecule has 1 amide bonds. The Labute approximate surface area is 373 Å². The minimum absolute atomic E-state index is 0.0373. The highest BCUT2D eigenvalue weighted by atomic mass is 35.5. The molecule has 0 spiro atoms. The van der Waals surface area contributed by atoms with Crippen LogP contribution in [0.15, 0.2) is 59.4 Å². The number of sulfonamides is 1. The monoisotopic (exact) mass is 962 g/mol. The van der Waals surface area contributed by atoms with Crippen LogP contribution in [0.1, 0.15) is 78.0 Å². The molecule has 3 atom stereocenters. The van der Waals surface area contributed by atoms with Crippen molar-refractivity contribution in [2.24, 2.45) is 5.92 Å². The third kappa shape index (κ3) is 7.78. The second-order valence-corrected chi connectivity index (χ2v) is 19.1. The number of fused-ring (bicyclic) bond motifs is 5. The number of nitrogens with zero attached hydrogens (tertiary/aromatic N) is 6. The lowest BCUT2D eigenvalue weighted by molar-refractivity contribution is -0.123. The summed E-state index contributed by atoms with van der Waals surface area (Å²) < 4.78 is 154. The molecule has 3 aromatic heterocycles. The van der Waals surface area contributed by atoms with E-state index in [9.17, 15) is 39.6 Å². The van der Waals surface area contributed by atoms with E-state index in [4.69, 9.17) is 21.3 Å². The summed E-state index contributed by atoms with van der Waals surface area (Å²) in [6.45, 7) is -1.49. The molecule has 346 valence electrons. The SMILES string of the molecule is O=C(Cn1nc(C(F)F)c2c1C(F)(F)[C@@H]1C[C@H]21)N[C@@H](Cc1cc(F)cc(F)c1)c1nc2cc(C3=CCOCC3)ccc2c(=O)n1-c1ccc(Cl)c2c(NS(=O)(=O)C3CC3)nn(CC(F)F)c12. The molecule has 10 rings (SSSR count). The number of amides is 1. The van der Waals surface area contributed by atoms with Gasteiger partial charge in [0.1, 0.15) is 41.9 Å². The number of aromatic nitrogens is 6. The smallest absolute Gasteiger partial charge is 0.293 e. The van der Waals surface area contributed by atoms with E-state index < -0.39 is 112 Å². The lowest BCUT2D eigenvalue weighted by atomic mass is 9.99. The molecule has 0 unspecified atom stereocenters. The van der Waals surface area contributed by atoms with E-state index in [2.05, 4.69) is 20.2 Å². The van der Waals surface area contributed by atoms with E-state index in [1.807, 2.05) is 6.08 Å². The molecule has 2 N–H and O–H groups in total. The average Bonchev–Trinajstić information content (AvgIpc) is 4.18. The van der Waals surface area contributed by atoms with Crippen LogP contribution in [0.25, 0.3) is 33.1 Å². The van der Waals surface area contributed by atoms with E-state index in [0.29, 0.717) is 48.8 Å². The number of ether oxygens (including phenoxy) is 1. The molecule has 13 nitrogen and oxygen atoms in total. The average molecular weight is 963 g/mol. The number of nitrogens with one attached hydrogen (secondary N) is 2. The largest absolute Gasteiger partial charge is 0.377 e. The van der Waals surface area contributed by atoms with Gasteiger partial charge in [-0.1, -0.05) is 23.7 Å². The number of anilines is 1. The van der Waals surface area contributed by atoms with Gasteiger partial charge in [-0.05, 0) is 84.7 Å². The Balaban J connectivity index is 1.18. The van der Waals surface area contributed by atoms with Crippen LogP contribution in [-0.4, -0.2) is 68.3 Å². The summed E-state index contributed by atoms with van der Waals surface area (Å²) in [4.78, 5) is 34.2. The molecule has 3 aromatic carbocycles. The molecule has 1 aliphatic heterocycles. The zero-order valence-corrected chi connectivity index (χ0v) is 35.6. The maximum absolute atomic E-state index is 15.6. The van der Waals surface area contributed by atoms with Gasteiger partial charge in [0.05, 0.1) is 57.0 Å². The van der Waals surface area contributed by atoms with E-state index >= 15 is 13.6 Å². The molecule has 6 aromatic rings. The van der Waals surface area contributed by atoms with Crippen LogP contribution in [0, 0.1) is 17.6 Å². The Morgan fingerprint density at radius 1 is 1.00 bits per heavy atom. The maximum Gasteiger partial charge on any atom is 0.293 e. The Hall–Kier alpha value is -5.87. The number of rotatable bonds is 14. The lowest BCUT2D eigenvalue weighted by Gasteiger charge is -2.24. The third-order valence-corrected chi connectivity index (χ3v) is 14.4. The van der Waals surface area contributed by atoms with Crippen molar-refractivity contribution in [1.29, 1.82) is 0 Å². The number of alkyl halides is 6. The van der Waals surface area contributed by atoms with Crippen LogP contribution in [0.2, 0.25) is 5.02 Å². The van der Waals surface area contributed by atoms with Gasteiger partial charge in [0.25, 0.3) is 24.3 Å². The van der Waals surface area contributed by atoms with Crippen LogP contribution in [0.5, 0.6) is 0 Å². The number of hydrogen-bond acceptors (Lipinski definition) is 8. The first-order valence-corrected chi connectivity index (χ1v) is 22.7. The first-order chi connectivity index (χ1) is 31.4. The predicted octanol–water partition coefficient (Wildman–Crippen LogP) is 8.08. The van der Waals surface area contributed by atoms with Crippen LogP contribution in [0.4, 0.5) is 40.9 Å². The van der Waals surface area contributed by atoms with E-state index in [-0.39, 0.29) is 55.9 Å². The van der Waals surface area contributed by atoms with Crippen LogP contribution < -0.4 is 15.6 Å². The maximum atomic E-state index is 15.6. The van der Waals surface area contributed by atoms with Gasteiger partial charge in [-0.2, -0.15) is 19.0 Å². The van der Waals surface area contributed by atoms with Crippen LogP contribution >= 0.6 is 11.6 Å². The molecule has 23 heteroatoms. The second kappa shape index (κ2) is 16.2. The minimum Gasteiger partial charge on any atom is -0.377 e. The second-order valence-electron chi connectivity index (χ2n) is 16.7. The molecule has 0 saturated heterocycles. The van der Waals surface area contributed by atoms with Crippen molar-refractivity contribution in [3.05, 3.63) is 116 Å². The summed E-state index contributed by atoms with van der Waals surface area (Å²) in [6.07, 6.45) is -3.93. The van der Waals surface area contributed by atoms with Crippen LogP contribution in [-0.2, 0) is 45.0 Å². The van der Waals surface area contributed by atoms with E-state index in [1.54, 1.807) is 12.1 Å². The summed E-state index contributed by atoms with van der Waals surface area (Å²) in [5.41, 5.74) is -2.04. The molecule has 3 aliphatic carbocycles. The van der Waals surface area contributed by atoms with Gasteiger partial charge in [-0.15, -0.1) is 0 Å². The molecular weight excluding hydrogens is 928 g/mol. The van der Waals surface area contributed by atoms with Gasteiger partial charge in [-0.3, -0.25) is 28.2 Å². The standard InChI is InChI=1S/C43H35ClF8N8O5S/c44-28-5-6-31(37-35(28)40(56-58(37)17-32(47)48)57-66(63,64)24-2-3-24)60-41(54-29-14-21(1-4-25(29)42(60)62)20-7-9-65-10-8-20)30(13-19-11-22(45)15-23(46)12-19)53-33(61)18-59-38-34(36(55-59)39(49)50)26-16-27(26)43(38,51)52/h1,4-7,11-12,14-15,24,26-27,30,32,39H,2-3,8-10,13,16-18H2,(H,53,61)(H,56,57)/t26-,27+,30-/m0/s1. The first kappa shape index (κ1) is 44.0. The van der Waals surface area contributed by atoms with Gasteiger partial charge in [0.2, 0.25) is 15.9 Å². The molecule has 0 bridgehead atoms. The fraction of sp³-hybridized carbons (Fsp3) is 0.372. The van der Waals surface area contributed by atoms with Crippen molar-refractivity contribution in [2.45, 2.75) is 81.2 Å². The number of benzene rings is 3. The number of carbonyl (C=O) groups is 1. The molecule has 2 saturated carbocycles. The highest BCUT2D eigenvalue weighted by Gasteiger charge is 2.67. The number of halogens is 9.